The van der Waals surface area contributed by atoms with Crippen molar-refractivity contribution < 1.29 is 29.4 Å². The summed E-state index contributed by atoms with van der Waals surface area (Å²) in [6.45, 7) is 7.82. The van der Waals surface area contributed by atoms with Gasteiger partial charge in [-0.2, -0.15) is 0 Å². The summed E-state index contributed by atoms with van der Waals surface area (Å²) in [4.78, 5) is 43.2. The molecule has 0 aliphatic heterocycles. The maximum Gasteiger partial charge on any atom is 0.326 e. The number of aliphatic hydroxyl groups is 1. The maximum atomic E-state index is 13.1. The number of carboxylic acids is 1. The van der Waals surface area contributed by atoms with Gasteiger partial charge in [0.1, 0.15) is 17.7 Å². The second-order valence-electron chi connectivity index (χ2n) is 14.7. The molecule has 1 aromatic rings. The number of rotatable bonds is 10. The van der Waals surface area contributed by atoms with Crippen molar-refractivity contribution in [2.75, 3.05) is 6.61 Å². The van der Waals surface area contributed by atoms with Crippen molar-refractivity contribution in [1.82, 2.24) is 10.6 Å². The number of amides is 2. The number of hydrogen-bond donors (Lipinski definition) is 4. The van der Waals surface area contributed by atoms with E-state index in [-0.39, 0.29) is 29.8 Å². The fourth-order valence-corrected chi connectivity index (χ4v) is 9.13. The molecular formula is C37H49N3O6. The number of carbonyl (C=O) groups excluding carboxylic acids is 2. The minimum absolute atomic E-state index is 0.0731. The monoisotopic (exact) mass is 631 g/mol. The first-order valence-corrected chi connectivity index (χ1v) is 16.8. The molecule has 1 aromatic carbocycles. The number of oxime groups is 1. The van der Waals surface area contributed by atoms with Crippen molar-refractivity contribution in [3.8, 4) is 12.3 Å². The van der Waals surface area contributed by atoms with Gasteiger partial charge in [-0.3, -0.25) is 9.59 Å². The van der Waals surface area contributed by atoms with E-state index < -0.39 is 35.5 Å². The van der Waals surface area contributed by atoms with Crippen LogP contribution in [-0.4, -0.2) is 58.0 Å². The SMILES string of the molecule is C#C[C@@]1(O)CCC2C3CCC4=C/C(=N/OCC(=O)NC(C(=O)NC(Cc5ccccc5)C(=O)O)C(C)C)CC[C@]4(C)C3CC[C@@]21C. The zero-order valence-corrected chi connectivity index (χ0v) is 27.6. The predicted octanol–water partition coefficient (Wildman–Crippen LogP) is 4.64. The molecule has 4 N–H and O–H groups in total. The van der Waals surface area contributed by atoms with Crippen LogP contribution in [0.4, 0.5) is 0 Å². The third-order valence-electron chi connectivity index (χ3n) is 11.9. The van der Waals surface area contributed by atoms with Crippen LogP contribution in [0.5, 0.6) is 0 Å². The Kier molecular flexibility index (Phi) is 9.70. The molecule has 3 saturated carbocycles. The van der Waals surface area contributed by atoms with Crippen LogP contribution in [0.2, 0.25) is 0 Å². The summed E-state index contributed by atoms with van der Waals surface area (Å²) in [5.41, 5.74) is 1.84. The number of nitrogens with zero attached hydrogens (tertiary/aromatic N) is 1. The van der Waals surface area contributed by atoms with E-state index in [1.54, 1.807) is 26.0 Å². The standard InChI is InChI=1S/C37H49N3O6/c1-6-37(45)19-16-29-27-13-12-25-21-26(14-17-35(25,4)28(27)15-18-36(29,37)5)40-46-22-31(41)39-32(23(2)3)33(42)38-30(34(43)44)20-24-10-8-7-9-11-24/h1,7-11,21,23,27-30,32,45H,12-20,22H2,2-5H3,(H,38,42)(H,39,41)(H,43,44)/b40-26+/t27?,28?,29?,30?,32?,35-,36-,37+/m0/s1. The second kappa shape index (κ2) is 13.2. The third-order valence-corrected chi connectivity index (χ3v) is 11.9. The fraction of sp³-hybridized carbons (Fsp3) is 0.622. The van der Waals surface area contributed by atoms with Crippen LogP contribution in [0, 0.1) is 46.8 Å². The Balaban J connectivity index is 1.16. The average molecular weight is 632 g/mol. The molecule has 8 atom stereocenters. The Morgan fingerprint density at radius 1 is 1.04 bits per heavy atom. The maximum absolute atomic E-state index is 13.1. The van der Waals surface area contributed by atoms with Crippen LogP contribution >= 0.6 is 0 Å². The number of benzene rings is 1. The van der Waals surface area contributed by atoms with Gasteiger partial charge in [-0.1, -0.05) is 74.7 Å². The van der Waals surface area contributed by atoms with E-state index >= 15 is 0 Å². The summed E-state index contributed by atoms with van der Waals surface area (Å²) in [5.74, 6) is 1.81. The van der Waals surface area contributed by atoms with Crippen molar-refractivity contribution in [3.63, 3.8) is 0 Å². The summed E-state index contributed by atoms with van der Waals surface area (Å²) >= 11 is 0. The quantitative estimate of drug-likeness (QED) is 0.219. The molecule has 5 unspecified atom stereocenters. The normalized spacial score (nSPS) is 33.8. The van der Waals surface area contributed by atoms with Gasteiger partial charge < -0.3 is 25.7 Å². The molecule has 0 heterocycles. The zero-order valence-electron chi connectivity index (χ0n) is 27.6. The second-order valence-corrected chi connectivity index (χ2v) is 14.7. The van der Waals surface area contributed by atoms with E-state index in [2.05, 4.69) is 41.6 Å². The van der Waals surface area contributed by atoms with Crippen molar-refractivity contribution in [2.45, 2.75) is 103 Å². The van der Waals surface area contributed by atoms with E-state index in [4.69, 9.17) is 11.3 Å². The Hall–Kier alpha value is -3.64. The van der Waals surface area contributed by atoms with E-state index in [0.29, 0.717) is 24.2 Å². The van der Waals surface area contributed by atoms with Gasteiger partial charge in [0.2, 0.25) is 5.91 Å². The molecule has 9 nitrogen and oxygen atoms in total. The lowest BCUT2D eigenvalue weighted by Crippen LogP contribution is -2.54. The lowest BCUT2D eigenvalue weighted by atomic mass is 9.46. The zero-order chi connectivity index (χ0) is 33.3. The predicted molar refractivity (Wildman–Crippen MR) is 175 cm³/mol. The van der Waals surface area contributed by atoms with Gasteiger partial charge in [0.25, 0.3) is 5.91 Å². The van der Waals surface area contributed by atoms with Gasteiger partial charge >= 0.3 is 5.97 Å². The molecule has 0 spiro atoms. The van der Waals surface area contributed by atoms with Gasteiger partial charge in [-0.25, -0.2) is 4.79 Å². The van der Waals surface area contributed by atoms with E-state index in [9.17, 15) is 24.6 Å². The molecule has 0 aromatic heterocycles. The first-order valence-electron chi connectivity index (χ1n) is 16.8. The molecule has 0 radical (unpaired) electrons. The largest absolute Gasteiger partial charge is 0.480 e. The van der Waals surface area contributed by atoms with Gasteiger partial charge in [-0.05, 0) is 92.1 Å². The van der Waals surface area contributed by atoms with Gasteiger partial charge in [0.05, 0.1) is 5.71 Å². The minimum Gasteiger partial charge on any atom is -0.480 e. The molecule has 9 heteroatoms. The van der Waals surface area contributed by atoms with Crippen LogP contribution in [0.25, 0.3) is 0 Å². The summed E-state index contributed by atoms with van der Waals surface area (Å²) in [6, 6.07) is 7.02. The molecule has 0 bridgehead atoms. The lowest BCUT2D eigenvalue weighted by Gasteiger charge is -2.58. The molecular weight excluding hydrogens is 582 g/mol. The molecule has 4 aliphatic rings. The Morgan fingerprint density at radius 3 is 2.43 bits per heavy atom. The summed E-state index contributed by atoms with van der Waals surface area (Å²) < 4.78 is 0. The average Bonchev–Trinajstić information content (AvgIpc) is 3.30. The van der Waals surface area contributed by atoms with Crippen molar-refractivity contribution in [2.24, 2.45) is 39.7 Å². The van der Waals surface area contributed by atoms with Crippen molar-refractivity contribution >= 4 is 23.5 Å². The summed E-state index contributed by atoms with van der Waals surface area (Å²) in [6.07, 6.45) is 15.6. The van der Waals surface area contributed by atoms with Crippen LogP contribution in [0.3, 0.4) is 0 Å². The molecule has 248 valence electrons. The summed E-state index contributed by atoms with van der Waals surface area (Å²) in [5, 5.41) is 30.5. The first kappa shape index (κ1) is 33.7. The van der Waals surface area contributed by atoms with Crippen LogP contribution < -0.4 is 10.6 Å². The molecule has 2 amide bonds. The number of hydrogen-bond acceptors (Lipinski definition) is 6. The highest BCUT2D eigenvalue weighted by Crippen LogP contribution is 2.67. The number of nitrogens with one attached hydrogen (secondary N) is 2. The third kappa shape index (κ3) is 6.33. The Morgan fingerprint density at radius 2 is 1.76 bits per heavy atom. The molecule has 0 saturated heterocycles. The van der Waals surface area contributed by atoms with Crippen LogP contribution in [-0.2, 0) is 25.6 Å². The van der Waals surface area contributed by atoms with E-state index in [1.165, 1.54) is 5.57 Å². The highest BCUT2D eigenvalue weighted by Gasteiger charge is 2.63. The van der Waals surface area contributed by atoms with Crippen LogP contribution in [0.1, 0.15) is 84.6 Å². The van der Waals surface area contributed by atoms with Crippen molar-refractivity contribution in [3.05, 3.63) is 47.5 Å². The number of allylic oxidation sites excluding steroid dienone is 2. The Labute approximate surface area is 272 Å². The number of carboxylic acid groups (broad SMARTS) is 1. The number of fused-ring (bicyclic) bond motifs is 5. The van der Waals surface area contributed by atoms with Gasteiger partial charge in [-0.15, -0.1) is 6.42 Å². The van der Waals surface area contributed by atoms with E-state index in [1.807, 2.05) is 18.2 Å². The highest BCUT2D eigenvalue weighted by atomic mass is 16.6. The number of carbonyl (C=O) groups is 3. The first-order chi connectivity index (χ1) is 21.8. The summed E-state index contributed by atoms with van der Waals surface area (Å²) in [7, 11) is 0. The number of aliphatic carboxylic acids is 1. The molecule has 5 rings (SSSR count). The highest BCUT2D eigenvalue weighted by molar-refractivity contribution is 5.96. The minimum atomic E-state index is -1.15. The van der Waals surface area contributed by atoms with Gasteiger partial charge in [0.15, 0.2) is 6.61 Å². The molecule has 46 heavy (non-hydrogen) atoms. The molecule has 4 aliphatic carbocycles. The van der Waals surface area contributed by atoms with Crippen molar-refractivity contribution in [1.29, 1.82) is 0 Å². The lowest BCUT2D eigenvalue weighted by molar-refractivity contribution is -0.142. The number of terminal acetylenes is 1. The van der Waals surface area contributed by atoms with E-state index in [0.717, 1.165) is 56.2 Å². The van der Waals surface area contributed by atoms with Gasteiger partial charge in [0, 0.05) is 11.8 Å². The Bertz CT molecular complexity index is 1430. The fourth-order valence-electron chi connectivity index (χ4n) is 9.13. The van der Waals surface area contributed by atoms with Crippen LogP contribution in [0.15, 0.2) is 47.1 Å². The topological polar surface area (TPSA) is 137 Å². The molecule has 3 fully saturated rings. The smallest absolute Gasteiger partial charge is 0.326 e.